The first kappa shape index (κ1) is 15.0. The van der Waals surface area contributed by atoms with Crippen LogP contribution in [0.15, 0.2) is 59.8 Å². The third kappa shape index (κ3) is 2.88. The van der Waals surface area contributed by atoms with E-state index in [1.807, 2.05) is 44.2 Å². The Morgan fingerprint density at radius 3 is 2.61 bits per heavy atom. The van der Waals surface area contributed by atoms with Crippen molar-refractivity contribution in [1.29, 1.82) is 0 Å². The summed E-state index contributed by atoms with van der Waals surface area (Å²) in [5, 5.41) is 4.07. The lowest BCUT2D eigenvalue weighted by molar-refractivity contribution is -0.119. The number of hydrogen-bond donors (Lipinski definition) is 0. The molecule has 0 N–H and O–H groups in total. The van der Waals surface area contributed by atoms with Gasteiger partial charge in [-0.2, -0.15) is 5.10 Å². The molecule has 6 heteroatoms. The van der Waals surface area contributed by atoms with Crippen LogP contribution in [0.25, 0.3) is 5.52 Å². The molecule has 3 aromatic rings. The lowest BCUT2D eigenvalue weighted by Gasteiger charge is -2.27. The van der Waals surface area contributed by atoms with Gasteiger partial charge in [0, 0.05) is 17.9 Å². The monoisotopic (exact) mass is 310 g/mol. The van der Waals surface area contributed by atoms with Gasteiger partial charge in [-0.15, -0.1) is 0 Å². The lowest BCUT2D eigenvalue weighted by atomic mass is 10.2. The smallest absolute Gasteiger partial charge is 0.291 e. The van der Waals surface area contributed by atoms with Gasteiger partial charge in [0.25, 0.3) is 5.56 Å². The number of fused-ring (bicyclic) bond motifs is 1. The fourth-order valence-electron chi connectivity index (χ4n) is 2.61. The van der Waals surface area contributed by atoms with Crippen LogP contribution in [0.1, 0.15) is 13.8 Å². The highest BCUT2D eigenvalue weighted by Gasteiger charge is 2.20. The Kier molecular flexibility index (Phi) is 3.97. The van der Waals surface area contributed by atoms with Gasteiger partial charge in [-0.25, -0.2) is 4.68 Å². The summed E-state index contributed by atoms with van der Waals surface area (Å²) in [6.45, 7) is 3.79. The van der Waals surface area contributed by atoms with Crippen LogP contribution in [0.3, 0.4) is 0 Å². The number of rotatable bonds is 4. The van der Waals surface area contributed by atoms with Crippen molar-refractivity contribution >= 4 is 17.1 Å². The van der Waals surface area contributed by atoms with Crippen molar-refractivity contribution in [2.45, 2.75) is 26.4 Å². The number of nitrogens with zero attached hydrogens (tertiary/aromatic N) is 4. The fraction of sp³-hybridized carbons (Fsp3) is 0.235. The normalized spacial score (nSPS) is 11.1. The number of aromatic nitrogens is 3. The van der Waals surface area contributed by atoms with Crippen LogP contribution in [0.2, 0.25) is 0 Å². The van der Waals surface area contributed by atoms with Crippen molar-refractivity contribution in [2.24, 2.45) is 0 Å². The molecule has 2 heterocycles. The van der Waals surface area contributed by atoms with Crippen molar-refractivity contribution in [3.05, 3.63) is 65.3 Å². The van der Waals surface area contributed by atoms with Crippen molar-refractivity contribution < 1.29 is 4.79 Å². The first-order chi connectivity index (χ1) is 11.1. The van der Waals surface area contributed by atoms with E-state index in [-0.39, 0.29) is 24.1 Å². The molecule has 6 nitrogen and oxygen atoms in total. The van der Waals surface area contributed by atoms with Crippen LogP contribution < -0.4 is 10.5 Å². The second kappa shape index (κ2) is 6.08. The molecule has 2 aromatic heterocycles. The highest BCUT2D eigenvalue weighted by Crippen LogP contribution is 2.16. The number of anilines is 1. The van der Waals surface area contributed by atoms with Gasteiger partial charge < -0.3 is 9.30 Å². The van der Waals surface area contributed by atoms with E-state index in [0.29, 0.717) is 5.52 Å². The van der Waals surface area contributed by atoms with Crippen LogP contribution >= 0.6 is 0 Å². The summed E-state index contributed by atoms with van der Waals surface area (Å²) in [6.07, 6.45) is 3.28. The molecule has 118 valence electrons. The molecule has 0 spiro atoms. The Morgan fingerprint density at radius 1 is 1.17 bits per heavy atom. The zero-order chi connectivity index (χ0) is 16.4. The van der Waals surface area contributed by atoms with Gasteiger partial charge in [-0.3, -0.25) is 9.59 Å². The highest BCUT2D eigenvalue weighted by molar-refractivity contribution is 5.93. The summed E-state index contributed by atoms with van der Waals surface area (Å²) in [6, 6.07) is 12.9. The lowest BCUT2D eigenvalue weighted by Crippen LogP contribution is -2.41. The van der Waals surface area contributed by atoms with Gasteiger partial charge in [0.2, 0.25) is 5.91 Å². The molecule has 0 radical (unpaired) electrons. The van der Waals surface area contributed by atoms with Gasteiger partial charge in [0.15, 0.2) is 0 Å². The molecule has 0 saturated carbocycles. The largest absolute Gasteiger partial charge is 0.308 e. The van der Waals surface area contributed by atoms with E-state index in [9.17, 15) is 9.59 Å². The van der Waals surface area contributed by atoms with Crippen molar-refractivity contribution in [3.63, 3.8) is 0 Å². The second-order valence-electron chi connectivity index (χ2n) is 5.59. The summed E-state index contributed by atoms with van der Waals surface area (Å²) in [7, 11) is 0. The van der Waals surface area contributed by atoms with E-state index < -0.39 is 0 Å². The number of carbonyl (C=O) groups is 1. The molecule has 0 saturated heterocycles. The van der Waals surface area contributed by atoms with Gasteiger partial charge >= 0.3 is 0 Å². The number of benzene rings is 1. The van der Waals surface area contributed by atoms with E-state index in [0.717, 1.165) is 5.69 Å². The van der Waals surface area contributed by atoms with E-state index in [1.165, 1.54) is 11.0 Å². The predicted molar refractivity (Wildman–Crippen MR) is 88.5 cm³/mol. The minimum atomic E-state index is -0.275. The van der Waals surface area contributed by atoms with Crippen molar-refractivity contribution in [3.8, 4) is 0 Å². The molecule has 0 aliphatic heterocycles. The topological polar surface area (TPSA) is 59.6 Å². The zero-order valence-corrected chi connectivity index (χ0v) is 13.1. The predicted octanol–water partition coefficient (Wildman–Crippen LogP) is 1.94. The van der Waals surface area contributed by atoms with Gasteiger partial charge in [-0.05, 0) is 38.1 Å². The molecule has 0 bridgehead atoms. The van der Waals surface area contributed by atoms with Crippen molar-refractivity contribution in [1.82, 2.24) is 14.2 Å². The Labute approximate surface area is 133 Å². The number of carbonyl (C=O) groups excluding carboxylic acids is 1. The standard InChI is InChI=1S/C17H18N4O2/c1-13(2)21(14-7-4-3-5-8-14)16(22)11-20-17(23)15-9-6-10-19(15)12-18-20/h3-10,12-13H,11H2,1-2H3. The number of hydrogen-bond acceptors (Lipinski definition) is 3. The summed E-state index contributed by atoms with van der Waals surface area (Å²) >= 11 is 0. The summed E-state index contributed by atoms with van der Waals surface area (Å²) in [5.74, 6) is -0.170. The van der Waals surface area contributed by atoms with Crippen molar-refractivity contribution in [2.75, 3.05) is 4.90 Å². The maximum absolute atomic E-state index is 12.7. The van der Waals surface area contributed by atoms with Crippen LogP contribution in [-0.4, -0.2) is 26.1 Å². The minimum Gasteiger partial charge on any atom is -0.308 e. The Morgan fingerprint density at radius 2 is 1.91 bits per heavy atom. The van der Waals surface area contributed by atoms with Gasteiger partial charge in [0.05, 0.1) is 0 Å². The van der Waals surface area contributed by atoms with E-state index in [2.05, 4.69) is 5.10 Å². The highest BCUT2D eigenvalue weighted by atomic mass is 16.2. The SMILES string of the molecule is CC(C)N(C(=O)Cn1ncn2cccc2c1=O)c1ccccc1. The molecular formula is C17H18N4O2. The maximum atomic E-state index is 12.7. The third-order valence-electron chi connectivity index (χ3n) is 3.65. The number of para-hydroxylation sites is 1. The van der Waals surface area contributed by atoms with Gasteiger partial charge in [0.1, 0.15) is 18.4 Å². The molecule has 0 aliphatic rings. The molecular weight excluding hydrogens is 292 g/mol. The Bertz CT molecular complexity index is 880. The summed E-state index contributed by atoms with van der Waals surface area (Å²) in [4.78, 5) is 26.7. The van der Waals surface area contributed by atoms with Crippen LogP contribution in [-0.2, 0) is 11.3 Å². The van der Waals surface area contributed by atoms with E-state index in [4.69, 9.17) is 0 Å². The zero-order valence-electron chi connectivity index (χ0n) is 13.1. The molecule has 0 unspecified atom stereocenters. The molecule has 3 rings (SSSR count). The summed E-state index contributed by atoms with van der Waals surface area (Å²) < 4.78 is 2.84. The first-order valence-corrected chi connectivity index (χ1v) is 7.48. The molecule has 23 heavy (non-hydrogen) atoms. The molecule has 0 fully saturated rings. The second-order valence-corrected chi connectivity index (χ2v) is 5.59. The fourth-order valence-corrected chi connectivity index (χ4v) is 2.61. The van der Waals surface area contributed by atoms with E-state index >= 15 is 0 Å². The average Bonchev–Trinajstić information content (AvgIpc) is 3.00. The van der Waals surface area contributed by atoms with E-state index in [1.54, 1.807) is 27.6 Å². The molecule has 0 atom stereocenters. The summed E-state index contributed by atoms with van der Waals surface area (Å²) in [5.41, 5.74) is 1.04. The quantitative estimate of drug-likeness (QED) is 0.740. The van der Waals surface area contributed by atoms with Gasteiger partial charge in [-0.1, -0.05) is 18.2 Å². The third-order valence-corrected chi connectivity index (χ3v) is 3.65. The van der Waals surface area contributed by atoms with Crippen LogP contribution in [0, 0.1) is 0 Å². The van der Waals surface area contributed by atoms with Crippen LogP contribution in [0.4, 0.5) is 5.69 Å². The molecule has 1 aromatic carbocycles. The molecule has 1 amide bonds. The van der Waals surface area contributed by atoms with Crippen LogP contribution in [0.5, 0.6) is 0 Å². The Balaban J connectivity index is 1.92. The Hall–Kier alpha value is -2.89. The number of amides is 1. The minimum absolute atomic E-state index is 0.0161. The first-order valence-electron chi connectivity index (χ1n) is 7.48. The maximum Gasteiger partial charge on any atom is 0.291 e. The molecule has 0 aliphatic carbocycles. The average molecular weight is 310 g/mol.